The molecule has 2 N–H and O–H groups in total. The van der Waals surface area contributed by atoms with Crippen molar-refractivity contribution in [2.75, 3.05) is 13.7 Å². The monoisotopic (exact) mass is 157 g/mol. The Balaban J connectivity index is 2.07. The summed E-state index contributed by atoms with van der Waals surface area (Å²) in [4.78, 5) is 11.0. The van der Waals surface area contributed by atoms with E-state index in [-0.39, 0.29) is 12.4 Å². The van der Waals surface area contributed by atoms with Crippen LogP contribution in [0.15, 0.2) is 0 Å². The molecule has 11 heavy (non-hydrogen) atoms. The molecule has 0 spiro atoms. The van der Waals surface area contributed by atoms with E-state index < -0.39 is 0 Å². The van der Waals surface area contributed by atoms with Crippen molar-refractivity contribution in [2.45, 2.75) is 25.3 Å². The SMILES string of the molecule is COCC(=O)CC1CC(N)C1. The van der Waals surface area contributed by atoms with Crippen molar-refractivity contribution in [1.29, 1.82) is 0 Å². The van der Waals surface area contributed by atoms with Crippen LogP contribution in [0.2, 0.25) is 0 Å². The largest absolute Gasteiger partial charge is 0.377 e. The number of ether oxygens (including phenoxy) is 1. The number of carbonyl (C=O) groups is 1. The van der Waals surface area contributed by atoms with Gasteiger partial charge in [0.1, 0.15) is 6.61 Å². The van der Waals surface area contributed by atoms with Crippen LogP contribution >= 0.6 is 0 Å². The molecule has 3 nitrogen and oxygen atoms in total. The summed E-state index contributed by atoms with van der Waals surface area (Å²) >= 11 is 0. The van der Waals surface area contributed by atoms with E-state index in [0.717, 1.165) is 12.8 Å². The molecule has 0 aliphatic heterocycles. The van der Waals surface area contributed by atoms with Crippen molar-refractivity contribution in [3.05, 3.63) is 0 Å². The molecule has 64 valence electrons. The van der Waals surface area contributed by atoms with Gasteiger partial charge in [0, 0.05) is 19.6 Å². The van der Waals surface area contributed by atoms with Gasteiger partial charge in [-0.15, -0.1) is 0 Å². The summed E-state index contributed by atoms with van der Waals surface area (Å²) in [6.07, 6.45) is 2.67. The van der Waals surface area contributed by atoms with Gasteiger partial charge < -0.3 is 10.5 Å². The van der Waals surface area contributed by atoms with Gasteiger partial charge in [-0.25, -0.2) is 0 Å². The number of hydrogen-bond acceptors (Lipinski definition) is 3. The first-order valence-electron chi connectivity index (χ1n) is 3.98. The highest BCUT2D eigenvalue weighted by atomic mass is 16.5. The Bertz CT molecular complexity index is 141. The minimum atomic E-state index is 0.199. The number of nitrogens with two attached hydrogens (primary N) is 1. The van der Waals surface area contributed by atoms with Crippen LogP contribution in [0.1, 0.15) is 19.3 Å². The van der Waals surface area contributed by atoms with Gasteiger partial charge in [-0.1, -0.05) is 0 Å². The fourth-order valence-corrected chi connectivity index (χ4v) is 1.50. The zero-order valence-electron chi connectivity index (χ0n) is 6.88. The summed E-state index contributed by atoms with van der Waals surface area (Å²) in [5.74, 6) is 0.733. The summed E-state index contributed by atoms with van der Waals surface area (Å²) < 4.78 is 4.72. The summed E-state index contributed by atoms with van der Waals surface area (Å²) in [5, 5.41) is 0. The predicted octanol–water partition coefficient (Wildman–Crippen LogP) is 0.329. The molecule has 0 aromatic carbocycles. The standard InChI is InChI=1S/C8H15NO2/c1-11-5-8(10)4-6-2-7(9)3-6/h6-7H,2-5,9H2,1H3. The third-order valence-corrected chi connectivity index (χ3v) is 2.09. The van der Waals surface area contributed by atoms with Gasteiger partial charge in [-0.2, -0.15) is 0 Å². The van der Waals surface area contributed by atoms with Crippen molar-refractivity contribution >= 4 is 5.78 Å². The first kappa shape index (κ1) is 8.68. The summed E-state index contributed by atoms with van der Waals surface area (Å²) in [5.41, 5.74) is 5.58. The minimum Gasteiger partial charge on any atom is -0.377 e. The van der Waals surface area contributed by atoms with Gasteiger partial charge >= 0.3 is 0 Å². The average Bonchev–Trinajstić information content (AvgIpc) is 1.85. The number of methoxy groups -OCH3 is 1. The van der Waals surface area contributed by atoms with Crippen molar-refractivity contribution < 1.29 is 9.53 Å². The molecule has 1 fully saturated rings. The van der Waals surface area contributed by atoms with Gasteiger partial charge in [-0.3, -0.25) is 4.79 Å². The Kier molecular flexibility index (Phi) is 3.02. The normalized spacial score (nSPS) is 29.6. The van der Waals surface area contributed by atoms with Crippen molar-refractivity contribution in [3.8, 4) is 0 Å². The van der Waals surface area contributed by atoms with Crippen molar-refractivity contribution in [3.63, 3.8) is 0 Å². The Labute approximate surface area is 66.9 Å². The van der Waals surface area contributed by atoms with Crippen LogP contribution in [0, 0.1) is 5.92 Å². The zero-order chi connectivity index (χ0) is 8.27. The van der Waals surface area contributed by atoms with E-state index in [1.807, 2.05) is 0 Å². The fourth-order valence-electron chi connectivity index (χ4n) is 1.50. The third-order valence-electron chi connectivity index (χ3n) is 2.09. The maximum Gasteiger partial charge on any atom is 0.158 e. The van der Waals surface area contributed by atoms with Gasteiger partial charge in [-0.05, 0) is 18.8 Å². The molecule has 0 unspecified atom stereocenters. The van der Waals surface area contributed by atoms with E-state index in [0.29, 0.717) is 18.4 Å². The Morgan fingerprint density at radius 3 is 2.73 bits per heavy atom. The lowest BCUT2D eigenvalue weighted by atomic mass is 9.78. The topological polar surface area (TPSA) is 52.3 Å². The predicted molar refractivity (Wildman–Crippen MR) is 42.2 cm³/mol. The lowest BCUT2D eigenvalue weighted by Gasteiger charge is -2.31. The lowest BCUT2D eigenvalue weighted by molar-refractivity contribution is -0.124. The molecule has 1 aliphatic rings. The van der Waals surface area contributed by atoms with Gasteiger partial charge in [0.05, 0.1) is 0 Å². The molecular formula is C8H15NO2. The van der Waals surface area contributed by atoms with Crippen molar-refractivity contribution in [1.82, 2.24) is 0 Å². The van der Waals surface area contributed by atoms with Crippen LogP contribution in [0.4, 0.5) is 0 Å². The maximum absolute atomic E-state index is 11.0. The van der Waals surface area contributed by atoms with Crippen LogP contribution in [0.5, 0.6) is 0 Å². The van der Waals surface area contributed by atoms with Gasteiger partial charge in [0.2, 0.25) is 0 Å². The van der Waals surface area contributed by atoms with Crippen molar-refractivity contribution in [2.24, 2.45) is 11.7 Å². The summed E-state index contributed by atoms with van der Waals surface area (Å²) in [6, 6.07) is 0.343. The molecule has 1 aliphatic carbocycles. The number of hydrogen-bond donors (Lipinski definition) is 1. The molecule has 3 heteroatoms. The third kappa shape index (κ3) is 2.60. The first-order chi connectivity index (χ1) is 5.22. The molecule has 0 bridgehead atoms. The molecule has 0 atom stereocenters. The van der Waals surface area contributed by atoms with Crippen LogP contribution in [0.3, 0.4) is 0 Å². The smallest absolute Gasteiger partial charge is 0.158 e. The van der Waals surface area contributed by atoms with E-state index >= 15 is 0 Å². The molecule has 0 heterocycles. The highest BCUT2D eigenvalue weighted by molar-refractivity contribution is 5.79. The van der Waals surface area contributed by atoms with Gasteiger partial charge in [0.25, 0.3) is 0 Å². The number of rotatable bonds is 4. The molecule has 0 radical (unpaired) electrons. The van der Waals surface area contributed by atoms with E-state index in [4.69, 9.17) is 10.5 Å². The number of carbonyl (C=O) groups excluding carboxylic acids is 1. The Morgan fingerprint density at radius 1 is 1.64 bits per heavy atom. The molecule has 0 aromatic heterocycles. The van der Waals surface area contributed by atoms with Gasteiger partial charge in [0.15, 0.2) is 5.78 Å². The van der Waals surface area contributed by atoms with E-state index in [1.54, 1.807) is 7.11 Å². The van der Waals surface area contributed by atoms with E-state index in [9.17, 15) is 4.79 Å². The summed E-state index contributed by atoms with van der Waals surface area (Å²) in [7, 11) is 1.55. The second-order valence-electron chi connectivity index (χ2n) is 3.27. The second kappa shape index (κ2) is 3.83. The van der Waals surface area contributed by atoms with E-state index in [2.05, 4.69) is 0 Å². The van der Waals surface area contributed by atoms with Crippen LogP contribution < -0.4 is 5.73 Å². The number of ketones is 1. The lowest BCUT2D eigenvalue weighted by Crippen LogP contribution is -2.37. The second-order valence-corrected chi connectivity index (χ2v) is 3.27. The zero-order valence-corrected chi connectivity index (χ0v) is 6.88. The number of Topliss-reactive ketones (excluding diaryl/α,β-unsaturated/α-hetero) is 1. The average molecular weight is 157 g/mol. The molecule has 0 saturated heterocycles. The van der Waals surface area contributed by atoms with E-state index in [1.165, 1.54) is 0 Å². The maximum atomic E-state index is 11.0. The Hall–Kier alpha value is -0.410. The molecule has 0 amide bonds. The highest BCUT2D eigenvalue weighted by Gasteiger charge is 2.27. The van der Waals surface area contributed by atoms with Crippen LogP contribution in [0.25, 0.3) is 0 Å². The quantitative estimate of drug-likeness (QED) is 0.639. The highest BCUT2D eigenvalue weighted by Crippen LogP contribution is 2.28. The molecular weight excluding hydrogens is 142 g/mol. The molecule has 1 saturated carbocycles. The van der Waals surface area contributed by atoms with Crippen LogP contribution in [-0.2, 0) is 9.53 Å². The molecule has 1 rings (SSSR count). The first-order valence-corrected chi connectivity index (χ1v) is 3.98. The Morgan fingerprint density at radius 2 is 2.27 bits per heavy atom. The summed E-state index contributed by atoms with van der Waals surface area (Å²) in [6.45, 7) is 0.256. The minimum absolute atomic E-state index is 0.199. The molecule has 0 aromatic rings. The fraction of sp³-hybridized carbons (Fsp3) is 0.875. The van der Waals surface area contributed by atoms with Crippen LogP contribution in [-0.4, -0.2) is 25.5 Å².